The standard InChI is InChI=1S/C34H30Cl2N4O3S/c1-22(2)17-23-3-7-25(8-4-23)26-9-5-24(6-10-26)18-33-37-32(30-16-11-27(35)19-31(30)36)20-39(33)28-12-14-29(15-13-28)40-21-34(41)38-44(40,42)43/h3-16,19-22,38,41H,17-18H2,1-2H3. The fourth-order valence-electron chi connectivity index (χ4n) is 5.26. The minimum atomic E-state index is -3.89. The predicted octanol–water partition coefficient (Wildman–Crippen LogP) is 8.31. The minimum Gasteiger partial charge on any atom is -0.493 e. The first-order chi connectivity index (χ1) is 21.1. The predicted molar refractivity (Wildman–Crippen MR) is 177 cm³/mol. The number of imidazole rings is 1. The highest BCUT2D eigenvalue weighted by Crippen LogP contribution is 2.32. The average molecular weight is 646 g/mol. The number of anilines is 1. The molecule has 7 nitrogen and oxygen atoms in total. The summed E-state index contributed by atoms with van der Waals surface area (Å²) in [6.45, 7) is 4.45. The van der Waals surface area contributed by atoms with Gasteiger partial charge in [-0.25, -0.2) is 14.0 Å². The first-order valence-corrected chi connectivity index (χ1v) is 16.3. The van der Waals surface area contributed by atoms with Crippen LogP contribution in [0.4, 0.5) is 5.69 Å². The molecule has 10 heteroatoms. The van der Waals surface area contributed by atoms with Gasteiger partial charge in [0.05, 0.1) is 22.6 Å². The Morgan fingerprint density at radius 1 is 0.841 bits per heavy atom. The normalized spacial score (nSPS) is 14.1. The van der Waals surface area contributed by atoms with E-state index in [1.54, 1.807) is 36.4 Å². The van der Waals surface area contributed by atoms with E-state index in [4.69, 9.17) is 28.2 Å². The zero-order chi connectivity index (χ0) is 31.0. The van der Waals surface area contributed by atoms with Crippen molar-refractivity contribution < 1.29 is 13.5 Å². The molecule has 224 valence electrons. The lowest BCUT2D eigenvalue weighted by molar-refractivity contribution is 0.392. The van der Waals surface area contributed by atoms with E-state index in [2.05, 4.69) is 67.1 Å². The van der Waals surface area contributed by atoms with Crippen LogP contribution in [0.15, 0.2) is 109 Å². The van der Waals surface area contributed by atoms with Gasteiger partial charge >= 0.3 is 10.2 Å². The summed E-state index contributed by atoms with van der Waals surface area (Å²) < 4.78 is 29.7. The van der Waals surface area contributed by atoms with Crippen LogP contribution in [0.2, 0.25) is 10.0 Å². The molecule has 2 N–H and O–H groups in total. The molecule has 0 unspecified atom stereocenters. The van der Waals surface area contributed by atoms with Crippen LogP contribution in [-0.4, -0.2) is 23.1 Å². The smallest absolute Gasteiger partial charge is 0.330 e. The van der Waals surface area contributed by atoms with Gasteiger partial charge in [0.15, 0.2) is 0 Å². The molecular formula is C34H30Cl2N4O3S. The van der Waals surface area contributed by atoms with Gasteiger partial charge in [0.2, 0.25) is 5.88 Å². The molecule has 1 aromatic heterocycles. The second kappa shape index (κ2) is 12.0. The van der Waals surface area contributed by atoms with E-state index < -0.39 is 16.1 Å². The van der Waals surface area contributed by atoms with E-state index in [0.717, 1.165) is 45.1 Å². The van der Waals surface area contributed by atoms with Crippen LogP contribution in [0.1, 0.15) is 30.8 Å². The first-order valence-electron chi connectivity index (χ1n) is 14.1. The molecule has 44 heavy (non-hydrogen) atoms. The quantitative estimate of drug-likeness (QED) is 0.178. The topological polar surface area (TPSA) is 87.5 Å². The largest absolute Gasteiger partial charge is 0.493 e. The van der Waals surface area contributed by atoms with E-state index in [9.17, 15) is 13.5 Å². The number of aliphatic hydroxyl groups is 1. The lowest BCUT2D eigenvalue weighted by Crippen LogP contribution is -2.29. The SMILES string of the molecule is CC(C)Cc1ccc(-c2ccc(Cc3nc(-c4ccc(Cl)cc4Cl)cn3-c3ccc(N4C=C(O)NS4(=O)=O)cc3)cc2)cc1. The van der Waals surface area contributed by atoms with E-state index in [0.29, 0.717) is 33.8 Å². The molecule has 0 saturated carbocycles. The second-order valence-corrected chi connectivity index (χ2v) is 13.5. The molecule has 4 aromatic carbocycles. The molecule has 0 fully saturated rings. The maximum Gasteiger partial charge on any atom is 0.330 e. The van der Waals surface area contributed by atoms with Gasteiger partial charge in [0.25, 0.3) is 0 Å². The summed E-state index contributed by atoms with van der Waals surface area (Å²) in [4.78, 5) is 4.97. The minimum absolute atomic E-state index is 0.376. The lowest BCUT2D eigenvalue weighted by Gasteiger charge is -2.15. The van der Waals surface area contributed by atoms with Crippen molar-refractivity contribution in [2.75, 3.05) is 4.31 Å². The summed E-state index contributed by atoms with van der Waals surface area (Å²) >= 11 is 12.7. The summed E-state index contributed by atoms with van der Waals surface area (Å²) in [5.41, 5.74) is 7.32. The number of hydrogen-bond acceptors (Lipinski definition) is 4. The maximum atomic E-state index is 12.3. The number of halogens is 2. The van der Waals surface area contributed by atoms with Gasteiger partial charge < -0.3 is 9.67 Å². The Hall–Kier alpha value is -4.24. The van der Waals surface area contributed by atoms with Gasteiger partial charge in [-0.1, -0.05) is 85.6 Å². The molecule has 0 atom stereocenters. The lowest BCUT2D eigenvalue weighted by atomic mass is 9.98. The van der Waals surface area contributed by atoms with Crippen LogP contribution >= 0.6 is 23.2 Å². The van der Waals surface area contributed by atoms with Crippen molar-refractivity contribution in [3.8, 4) is 28.1 Å². The van der Waals surface area contributed by atoms with E-state index in [-0.39, 0.29) is 0 Å². The molecular weight excluding hydrogens is 615 g/mol. The highest BCUT2D eigenvalue weighted by Gasteiger charge is 2.28. The molecule has 0 saturated heterocycles. The van der Waals surface area contributed by atoms with Gasteiger partial charge in [-0.2, -0.15) is 8.42 Å². The van der Waals surface area contributed by atoms with Crippen LogP contribution in [0, 0.1) is 5.92 Å². The fourth-order valence-corrected chi connectivity index (χ4v) is 6.82. The molecule has 0 spiro atoms. The third-order valence-corrected chi connectivity index (χ3v) is 9.20. The van der Waals surface area contributed by atoms with Crippen LogP contribution in [0.25, 0.3) is 28.1 Å². The molecule has 1 aliphatic heterocycles. The number of benzene rings is 4. The van der Waals surface area contributed by atoms with Crippen molar-refractivity contribution in [3.05, 3.63) is 136 Å². The monoisotopic (exact) mass is 644 g/mol. The molecule has 0 bridgehead atoms. The number of nitrogens with zero attached hydrogens (tertiary/aromatic N) is 3. The van der Waals surface area contributed by atoms with E-state index in [1.165, 1.54) is 11.1 Å². The Labute approximate surface area is 267 Å². The summed E-state index contributed by atoms with van der Waals surface area (Å²) in [6.07, 6.45) is 4.64. The number of aliphatic hydroxyl groups excluding tert-OH is 1. The van der Waals surface area contributed by atoms with Gasteiger partial charge in [-0.15, -0.1) is 0 Å². The van der Waals surface area contributed by atoms with Gasteiger partial charge in [0, 0.05) is 28.9 Å². The summed E-state index contributed by atoms with van der Waals surface area (Å²) in [6, 6.07) is 29.5. The van der Waals surface area contributed by atoms with Crippen molar-refractivity contribution in [2.24, 2.45) is 5.92 Å². The highest BCUT2D eigenvalue weighted by atomic mass is 35.5. The molecule has 1 aliphatic rings. The van der Waals surface area contributed by atoms with Gasteiger partial charge in [0.1, 0.15) is 5.82 Å². The second-order valence-electron chi connectivity index (χ2n) is 11.1. The Bertz CT molecular complexity index is 1950. The summed E-state index contributed by atoms with van der Waals surface area (Å²) in [7, 11) is -3.89. The Morgan fingerprint density at radius 3 is 2.02 bits per heavy atom. The Morgan fingerprint density at radius 2 is 1.45 bits per heavy atom. The third kappa shape index (κ3) is 6.33. The van der Waals surface area contributed by atoms with Crippen LogP contribution in [-0.2, 0) is 23.1 Å². The number of aromatic nitrogens is 2. The third-order valence-electron chi connectivity index (χ3n) is 7.35. The van der Waals surface area contributed by atoms with E-state index >= 15 is 0 Å². The van der Waals surface area contributed by atoms with Crippen molar-refractivity contribution in [1.29, 1.82) is 0 Å². The van der Waals surface area contributed by atoms with Crippen molar-refractivity contribution >= 4 is 39.1 Å². The van der Waals surface area contributed by atoms with Crippen molar-refractivity contribution in [2.45, 2.75) is 26.7 Å². The molecule has 5 aromatic rings. The van der Waals surface area contributed by atoms with Gasteiger partial charge in [-0.3, -0.25) is 0 Å². The molecule has 0 radical (unpaired) electrons. The van der Waals surface area contributed by atoms with Crippen LogP contribution in [0.5, 0.6) is 0 Å². The maximum absolute atomic E-state index is 12.3. The molecule has 6 rings (SSSR count). The summed E-state index contributed by atoms with van der Waals surface area (Å²) in [5, 5.41) is 10.7. The molecule has 0 aliphatic carbocycles. The van der Waals surface area contributed by atoms with Crippen molar-refractivity contribution in [3.63, 3.8) is 0 Å². The van der Waals surface area contributed by atoms with Gasteiger partial charge in [-0.05, 0) is 77.1 Å². The van der Waals surface area contributed by atoms with Crippen LogP contribution in [0.3, 0.4) is 0 Å². The number of nitrogens with one attached hydrogen (secondary N) is 1. The first kappa shape index (κ1) is 29.8. The average Bonchev–Trinajstić information content (AvgIpc) is 3.52. The Kier molecular flexibility index (Phi) is 8.16. The number of hydrogen-bond donors (Lipinski definition) is 2. The highest BCUT2D eigenvalue weighted by molar-refractivity contribution is 7.91. The van der Waals surface area contributed by atoms with E-state index in [1.807, 2.05) is 16.8 Å². The van der Waals surface area contributed by atoms with Crippen molar-refractivity contribution in [1.82, 2.24) is 14.3 Å². The zero-order valence-corrected chi connectivity index (χ0v) is 26.4. The zero-order valence-electron chi connectivity index (χ0n) is 24.1. The molecule has 0 amide bonds. The summed E-state index contributed by atoms with van der Waals surface area (Å²) in [5.74, 6) is 0.953. The molecule has 2 heterocycles. The Balaban J connectivity index is 1.31. The fraction of sp³-hybridized carbons (Fsp3) is 0.147. The van der Waals surface area contributed by atoms with Crippen LogP contribution < -0.4 is 9.03 Å². The number of rotatable bonds is 8.